The van der Waals surface area contributed by atoms with Gasteiger partial charge in [0, 0.05) is 6.61 Å². The lowest BCUT2D eigenvalue weighted by atomic mass is 10.0. The van der Waals surface area contributed by atoms with Crippen molar-refractivity contribution in [1.82, 2.24) is 10.2 Å². The van der Waals surface area contributed by atoms with Crippen molar-refractivity contribution >= 4 is 34.2 Å². The molecule has 0 aromatic carbocycles. The molecule has 1 atom stereocenters. The number of nitrogens with zero attached hydrogens (tertiary/aromatic N) is 2. The number of thioether (sulfide) groups is 1. The van der Waals surface area contributed by atoms with E-state index in [4.69, 9.17) is 9.84 Å². The highest BCUT2D eigenvalue weighted by molar-refractivity contribution is 8.01. The fraction of sp³-hybridized carbons (Fsp3) is 0.667. The summed E-state index contributed by atoms with van der Waals surface area (Å²) in [6, 6.07) is 0. The number of hydrogen-bond acceptors (Lipinski definition) is 7. The molecule has 0 spiro atoms. The van der Waals surface area contributed by atoms with Gasteiger partial charge in [-0.1, -0.05) is 23.1 Å². The maximum absolute atomic E-state index is 10.4. The fourth-order valence-electron chi connectivity index (χ4n) is 1.47. The molecule has 8 heteroatoms. The van der Waals surface area contributed by atoms with Gasteiger partial charge in [-0.25, -0.2) is 0 Å². The number of aromatic nitrogens is 2. The molecule has 17 heavy (non-hydrogen) atoms. The predicted molar refractivity (Wildman–Crippen MR) is 65.7 cm³/mol. The Balaban J connectivity index is 1.91. The number of rotatable bonds is 5. The second kappa shape index (κ2) is 5.19. The van der Waals surface area contributed by atoms with Crippen LogP contribution in [0.4, 0.5) is 5.13 Å². The number of carboxylic acids is 1. The van der Waals surface area contributed by atoms with Crippen LogP contribution >= 0.6 is 23.1 Å². The van der Waals surface area contributed by atoms with Gasteiger partial charge in [0.2, 0.25) is 5.13 Å². The van der Waals surface area contributed by atoms with Crippen LogP contribution < -0.4 is 5.32 Å². The molecule has 1 saturated heterocycles. The van der Waals surface area contributed by atoms with E-state index in [9.17, 15) is 4.79 Å². The van der Waals surface area contributed by atoms with Crippen LogP contribution in [0.3, 0.4) is 0 Å². The lowest BCUT2D eigenvalue weighted by Gasteiger charge is -2.22. The molecule has 94 valence electrons. The zero-order valence-electron chi connectivity index (χ0n) is 9.30. The summed E-state index contributed by atoms with van der Waals surface area (Å²) in [6.07, 6.45) is 0.935. The zero-order valence-corrected chi connectivity index (χ0v) is 10.9. The van der Waals surface area contributed by atoms with E-state index in [0.717, 1.165) is 13.0 Å². The maximum atomic E-state index is 10.4. The number of carboxylic acid groups (broad SMARTS) is 1. The third kappa shape index (κ3) is 3.55. The summed E-state index contributed by atoms with van der Waals surface area (Å²) in [4.78, 5) is 10.4. The van der Waals surface area contributed by atoms with Crippen LogP contribution in [-0.2, 0) is 9.53 Å². The van der Waals surface area contributed by atoms with E-state index in [2.05, 4.69) is 22.4 Å². The van der Waals surface area contributed by atoms with Gasteiger partial charge in [0.05, 0.1) is 17.9 Å². The average Bonchev–Trinajstić information content (AvgIpc) is 2.85. The van der Waals surface area contributed by atoms with Crippen LogP contribution in [0.1, 0.15) is 13.3 Å². The summed E-state index contributed by atoms with van der Waals surface area (Å²) in [6.45, 7) is 3.48. The molecule has 1 fully saturated rings. The predicted octanol–water partition coefficient (Wildman–Crippen LogP) is 1.31. The van der Waals surface area contributed by atoms with Gasteiger partial charge in [0.25, 0.3) is 0 Å². The minimum atomic E-state index is -0.851. The number of nitrogens with one attached hydrogen (secondary N) is 1. The Morgan fingerprint density at radius 3 is 3.18 bits per heavy atom. The monoisotopic (exact) mass is 275 g/mol. The number of anilines is 1. The second-order valence-corrected chi connectivity index (χ2v) is 6.24. The maximum Gasteiger partial charge on any atom is 0.313 e. The van der Waals surface area contributed by atoms with Crippen LogP contribution in [0.2, 0.25) is 0 Å². The van der Waals surface area contributed by atoms with Gasteiger partial charge in [-0.3, -0.25) is 4.79 Å². The topological polar surface area (TPSA) is 84.3 Å². The van der Waals surface area contributed by atoms with Gasteiger partial charge in [0.15, 0.2) is 4.34 Å². The van der Waals surface area contributed by atoms with Crippen molar-refractivity contribution in [3.05, 3.63) is 0 Å². The first kappa shape index (κ1) is 12.6. The summed E-state index contributed by atoms with van der Waals surface area (Å²) in [5.74, 6) is -0.842. The lowest BCUT2D eigenvalue weighted by Crippen LogP contribution is -2.34. The first-order valence-corrected chi connectivity index (χ1v) is 6.92. The molecule has 1 aromatic rings. The van der Waals surface area contributed by atoms with E-state index in [1.165, 1.54) is 23.1 Å². The fourth-order valence-corrected chi connectivity index (χ4v) is 3.09. The van der Waals surface area contributed by atoms with Crippen molar-refractivity contribution in [2.45, 2.75) is 23.2 Å². The normalized spacial score (nSPS) is 23.8. The molecule has 2 N–H and O–H groups in total. The lowest BCUT2D eigenvalue weighted by molar-refractivity contribution is -0.133. The largest absolute Gasteiger partial charge is 0.481 e. The Kier molecular flexibility index (Phi) is 3.85. The third-order valence-electron chi connectivity index (χ3n) is 2.35. The Hall–Kier alpha value is -0.860. The highest BCUT2D eigenvalue weighted by atomic mass is 32.2. The van der Waals surface area contributed by atoms with Crippen LogP contribution in [0.15, 0.2) is 4.34 Å². The molecule has 2 heterocycles. The summed E-state index contributed by atoms with van der Waals surface area (Å²) < 4.78 is 5.99. The van der Waals surface area contributed by atoms with Crippen LogP contribution in [0.5, 0.6) is 0 Å². The summed E-state index contributed by atoms with van der Waals surface area (Å²) in [5.41, 5.74) is -0.0890. The molecule has 0 radical (unpaired) electrons. The van der Waals surface area contributed by atoms with E-state index in [1.807, 2.05) is 0 Å². The number of aliphatic carboxylic acids is 1. The summed E-state index contributed by atoms with van der Waals surface area (Å²) in [7, 11) is 0. The van der Waals surface area contributed by atoms with Crippen molar-refractivity contribution < 1.29 is 14.6 Å². The SMILES string of the molecule is CC1(Nc2nnc(SCC(=O)O)s2)CCOC1. The third-order valence-corrected chi connectivity index (χ3v) is 4.31. The van der Waals surface area contributed by atoms with Crippen molar-refractivity contribution in [2.75, 3.05) is 24.3 Å². The Morgan fingerprint density at radius 1 is 1.71 bits per heavy atom. The number of hydrogen-bond donors (Lipinski definition) is 2. The number of ether oxygens (including phenoxy) is 1. The second-order valence-electron chi connectivity index (χ2n) is 4.04. The van der Waals surface area contributed by atoms with Gasteiger partial charge >= 0.3 is 5.97 Å². The average molecular weight is 275 g/mol. The van der Waals surface area contributed by atoms with E-state index in [0.29, 0.717) is 16.1 Å². The van der Waals surface area contributed by atoms with E-state index < -0.39 is 5.97 Å². The Morgan fingerprint density at radius 2 is 2.53 bits per heavy atom. The van der Waals surface area contributed by atoms with Crippen LogP contribution in [0, 0.1) is 0 Å². The molecule has 1 aliphatic heterocycles. The van der Waals surface area contributed by atoms with E-state index in [1.54, 1.807) is 0 Å². The Labute approximate surface area is 107 Å². The zero-order chi connectivity index (χ0) is 12.3. The van der Waals surface area contributed by atoms with Gasteiger partial charge in [-0.05, 0) is 13.3 Å². The summed E-state index contributed by atoms with van der Waals surface area (Å²) in [5, 5.41) is 20.5. The molecule has 0 amide bonds. The van der Waals surface area contributed by atoms with E-state index in [-0.39, 0.29) is 11.3 Å². The first-order valence-electron chi connectivity index (χ1n) is 5.11. The molecule has 6 nitrogen and oxygen atoms in total. The van der Waals surface area contributed by atoms with Gasteiger partial charge in [0.1, 0.15) is 0 Å². The van der Waals surface area contributed by atoms with Gasteiger partial charge in [-0.2, -0.15) is 0 Å². The minimum Gasteiger partial charge on any atom is -0.481 e. The molecular weight excluding hydrogens is 262 g/mol. The minimum absolute atomic E-state index is 0.00894. The molecular formula is C9H13N3O3S2. The van der Waals surface area contributed by atoms with E-state index >= 15 is 0 Å². The van der Waals surface area contributed by atoms with Gasteiger partial charge < -0.3 is 15.2 Å². The van der Waals surface area contributed by atoms with Crippen LogP contribution in [-0.4, -0.2) is 45.8 Å². The smallest absolute Gasteiger partial charge is 0.313 e. The Bertz CT molecular complexity index is 404. The molecule has 0 bridgehead atoms. The van der Waals surface area contributed by atoms with Gasteiger partial charge in [-0.15, -0.1) is 10.2 Å². The molecule has 2 rings (SSSR count). The summed E-state index contributed by atoms with van der Waals surface area (Å²) >= 11 is 2.55. The molecule has 1 unspecified atom stereocenters. The molecule has 0 saturated carbocycles. The van der Waals surface area contributed by atoms with Crippen LogP contribution in [0.25, 0.3) is 0 Å². The van der Waals surface area contributed by atoms with Crippen molar-refractivity contribution in [1.29, 1.82) is 0 Å². The highest BCUT2D eigenvalue weighted by Crippen LogP contribution is 2.29. The highest BCUT2D eigenvalue weighted by Gasteiger charge is 2.30. The first-order chi connectivity index (χ1) is 8.07. The molecule has 0 aliphatic carbocycles. The standard InChI is InChI=1S/C9H13N3O3S2/c1-9(2-3-15-5-9)10-7-11-12-8(17-7)16-4-6(13)14/h2-5H2,1H3,(H,10,11)(H,13,14). The van der Waals surface area contributed by atoms with Crippen molar-refractivity contribution in [3.8, 4) is 0 Å². The molecule has 1 aliphatic rings. The quantitative estimate of drug-likeness (QED) is 0.784. The van der Waals surface area contributed by atoms with Crippen molar-refractivity contribution in [3.63, 3.8) is 0 Å². The number of carbonyl (C=O) groups is 1. The molecule has 1 aromatic heterocycles. The van der Waals surface area contributed by atoms with Crippen molar-refractivity contribution in [2.24, 2.45) is 0 Å².